The Hall–Kier alpha value is -0.570. The minimum Gasteiger partial charge on any atom is -0.353 e. The van der Waals surface area contributed by atoms with E-state index in [1.54, 1.807) is 0 Å². The minimum absolute atomic E-state index is 0.157. The van der Waals surface area contributed by atoms with Crippen LogP contribution in [0.2, 0.25) is 0 Å². The molecule has 3 N–H and O–H groups in total. The van der Waals surface area contributed by atoms with Crippen molar-refractivity contribution in [2.24, 2.45) is 17.6 Å². The van der Waals surface area contributed by atoms with Gasteiger partial charge >= 0.3 is 0 Å². The number of hydrogen-bond donors (Lipinski definition) is 2. The maximum atomic E-state index is 12.1. The number of nitrogens with two attached hydrogens (primary N) is 1. The van der Waals surface area contributed by atoms with E-state index in [4.69, 9.17) is 5.73 Å². The monoisotopic (exact) mass is 224 g/mol. The highest BCUT2D eigenvalue weighted by Crippen LogP contribution is 2.29. The van der Waals surface area contributed by atoms with Crippen molar-refractivity contribution >= 4 is 5.91 Å². The van der Waals surface area contributed by atoms with Gasteiger partial charge in [0.15, 0.2) is 0 Å². The van der Waals surface area contributed by atoms with Gasteiger partial charge in [0.2, 0.25) is 5.91 Å². The van der Waals surface area contributed by atoms with Gasteiger partial charge in [-0.15, -0.1) is 0 Å². The second-order valence-corrected chi connectivity index (χ2v) is 5.55. The van der Waals surface area contributed by atoms with E-state index in [1.165, 1.54) is 25.7 Å². The smallest absolute Gasteiger partial charge is 0.223 e. The van der Waals surface area contributed by atoms with Crippen LogP contribution in [0.3, 0.4) is 0 Å². The van der Waals surface area contributed by atoms with Crippen LogP contribution in [0.25, 0.3) is 0 Å². The summed E-state index contributed by atoms with van der Waals surface area (Å²) in [5, 5.41) is 3.21. The average Bonchev–Trinajstić information content (AvgIpc) is 2.74. The van der Waals surface area contributed by atoms with Gasteiger partial charge in [-0.1, -0.05) is 26.2 Å². The Labute approximate surface area is 98.2 Å². The molecule has 92 valence electrons. The first-order valence-electron chi connectivity index (χ1n) is 6.74. The fourth-order valence-electron chi connectivity index (χ4n) is 3.15. The van der Waals surface area contributed by atoms with Crippen molar-refractivity contribution in [3.63, 3.8) is 0 Å². The summed E-state index contributed by atoms with van der Waals surface area (Å²) in [5.41, 5.74) is 6.03. The lowest BCUT2D eigenvalue weighted by atomic mass is 9.77. The summed E-state index contributed by atoms with van der Waals surface area (Å²) in [5.74, 6) is 0.758. The molecule has 2 aliphatic rings. The summed E-state index contributed by atoms with van der Waals surface area (Å²) in [4.78, 5) is 12.1. The second-order valence-electron chi connectivity index (χ2n) is 5.55. The van der Waals surface area contributed by atoms with Gasteiger partial charge in [0.25, 0.3) is 0 Å². The molecule has 0 heterocycles. The molecule has 3 heteroatoms. The molecule has 3 atom stereocenters. The quantitative estimate of drug-likeness (QED) is 0.751. The van der Waals surface area contributed by atoms with Crippen molar-refractivity contribution in [2.75, 3.05) is 0 Å². The molecule has 2 aliphatic carbocycles. The Morgan fingerprint density at radius 2 is 1.81 bits per heavy atom. The van der Waals surface area contributed by atoms with Crippen LogP contribution < -0.4 is 11.1 Å². The molecule has 0 aliphatic heterocycles. The first-order chi connectivity index (χ1) is 7.68. The maximum absolute atomic E-state index is 12.1. The summed E-state index contributed by atoms with van der Waals surface area (Å²) in [6, 6.07) is 0.658. The van der Waals surface area contributed by atoms with E-state index in [1.807, 2.05) is 0 Å². The molecule has 0 aromatic rings. The molecule has 0 aromatic carbocycles. The van der Waals surface area contributed by atoms with Crippen molar-refractivity contribution < 1.29 is 4.79 Å². The third-order valence-corrected chi connectivity index (χ3v) is 4.40. The van der Waals surface area contributed by atoms with Gasteiger partial charge in [-0.2, -0.15) is 0 Å². The molecular weight excluding hydrogens is 200 g/mol. The maximum Gasteiger partial charge on any atom is 0.223 e. The van der Waals surface area contributed by atoms with Crippen molar-refractivity contribution in [2.45, 2.75) is 64.0 Å². The van der Waals surface area contributed by atoms with Crippen molar-refractivity contribution in [3.8, 4) is 0 Å². The highest BCUT2D eigenvalue weighted by Gasteiger charge is 2.33. The van der Waals surface area contributed by atoms with Gasteiger partial charge in [0.05, 0.1) is 0 Å². The number of rotatable bonds is 2. The molecule has 1 amide bonds. The predicted octanol–water partition coefficient (Wildman–Crippen LogP) is 1.81. The molecule has 0 bridgehead atoms. The average molecular weight is 224 g/mol. The second kappa shape index (κ2) is 5.17. The summed E-state index contributed by atoms with van der Waals surface area (Å²) >= 11 is 0. The number of carbonyl (C=O) groups excluding carboxylic acids is 1. The Kier molecular flexibility index (Phi) is 3.85. The fraction of sp³-hybridized carbons (Fsp3) is 0.923. The predicted molar refractivity (Wildman–Crippen MR) is 64.9 cm³/mol. The van der Waals surface area contributed by atoms with Crippen LogP contribution >= 0.6 is 0 Å². The first-order valence-corrected chi connectivity index (χ1v) is 6.74. The highest BCUT2D eigenvalue weighted by atomic mass is 16.2. The summed E-state index contributed by atoms with van der Waals surface area (Å²) in [6.45, 7) is 2.13. The number of amides is 1. The van der Waals surface area contributed by atoms with E-state index in [0.717, 1.165) is 19.3 Å². The number of hydrogen-bond acceptors (Lipinski definition) is 2. The largest absolute Gasteiger partial charge is 0.353 e. The van der Waals surface area contributed by atoms with E-state index in [2.05, 4.69) is 12.2 Å². The normalized spacial score (nSPS) is 36.2. The molecule has 0 saturated heterocycles. The van der Waals surface area contributed by atoms with Gasteiger partial charge in [-0.25, -0.2) is 0 Å². The fourth-order valence-corrected chi connectivity index (χ4v) is 3.15. The molecular formula is C13H24N2O. The van der Waals surface area contributed by atoms with Gasteiger partial charge in [-0.3, -0.25) is 4.79 Å². The molecule has 3 unspecified atom stereocenters. The zero-order valence-electron chi connectivity index (χ0n) is 10.2. The summed E-state index contributed by atoms with van der Waals surface area (Å²) < 4.78 is 0. The lowest BCUT2D eigenvalue weighted by molar-refractivity contribution is -0.128. The zero-order valence-corrected chi connectivity index (χ0v) is 10.2. The molecule has 16 heavy (non-hydrogen) atoms. The number of carbonyl (C=O) groups is 1. The van der Waals surface area contributed by atoms with Crippen LogP contribution in [0.4, 0.5) is 0 Å². The van der Waals surface area contributed by atoms with Crippen molar-refractivity contribution in [1.82, 2.24) is 5.32 Å². The van der Waals surface area contributed by atoms with Crippen LogP contribution in [-0.2, 0) is 4.79 Å². The Morgan fingerprint density at radius 1 is 1.12 bits per heavy atom. The van der Waals surface area contributed by atoms with E-state index in [0.29, 0.717) is 12.0 Å². The number of nitrogens with one attached hydrogen (secondary N) is 1. The third-order valence-electron chi connectivity index (χ3n) is 4.40. The standard InChI is InChI=1S/C13H24N2O/c1-9-11(7-4-8-12(9)14)13(16)15-10-5-2-3-6-10/h9-12H,2-8,14H2,1H3,(H,15,16). The van der Waals surface area contributed by atoms with Crippen LogP contribution in [0.1, 0.15) is 51.9 Å². The molecule has 0 spiro atoms. The van der Waals surface area contributed by atoms with Crippen LogP contribution in [-0.4, -0.2) is 18.0 Å². The first kappa shape index (κ1) is 11.9. The Bertz CT molecular complexity index is 248. The SMILES string of the molecule is CC1C(N)CCCC1C(=O)NC1CCCC1. The van der Waals surface area contributed by atoms with Gasteiger partial charge in [0.1, 0.15) is 0 Å². The lowest BCUT2D eigenvalue weighted by Gasteiger charge is -2.33. The Balaban J connectivity index is 1.87. The lowest BCUT2D eigenvalue weighted by Crippen LogP contribution is -2.46. The van der Waals surface area contributed by atoms with Crippen LogP contribution in [0.5, 0.6) is 0 Å². The zero-order chi connectivity index (χ0) is 11.5. The summed E-state index contributed by atoms with van der Waals surface area (Å²) in [7, 11) is 0. The summed E-state index contributed by atoms with van der Waals surface area (Å²) in [6.07, 6.45) is 8.07. The molecule has 0 aromatic heterocycles. The van der Waals surface area contributed by atoms with E-state index in [-0.39, 0.29) is 17.9 Å². The molecule has 0 radical (unpaired) electrons. The molecule has 2 saturated carbocycles. The van der Waals surface area contributed by atoms with Gasteiger partial charge in [-0.05, 0) is 31.6 Å². The molecule has 2 rings (SSSR count). The van der Waals surface area contributed by atoms with Crippen molar-refractivity contribution in [1.29, 1.82) is 0 Å². The van der Waals surface area contributed by atoms with E-state index < -0.39 is 0 Å². The molecule has 3 nitrogen and oxygen atoms in total. The minimum atomic E-state index is 0.157. The Morgan fingerprint density at radius 3 is 2.50 bits per heavy atom. The van der Waals surface area contributed by atoms with Crippen molar-refractivity contribution in [3.05, 3.63) is 0 Å². The van der Waals surface area contributed by atoms with Crippen LogP contribution in [0, 0.1) is 11.8 Å². The third kappa shape index (κ3) is 2.57. The highest BCUT2D eigenvalue weighted by molar-refractivity contribution is 5.79. The van der Waals surface area contributed by atoms with E-state index >= 15 is 0 Å². The van der Waals surface area contributed by atoms with E-state index in [9.17, 15) is 4.79 Å². The molecule has 2 fully saturated rings. The van der Waals surface area contributed by atoms with Gasteiger partial charge in [0, 0.05) is 18.0 Å². The van der Waals surface area contributed by atoms with Gasteiger partial charge < -0.3 is 11.1 Å². The van der Waals surface area contributed by atoms with Crippen LogP contribution in [0.15, 0.2) is 0 Å². The topological polar surface area (TPSA) is 55.1 Å².